The van der Waals surface area contributed by atoms with E-state index in [0.29, 0.717) is 51.2 Å². The van der Waals surface area contributed by atoms with Crippen LogP contribution in [0.25, 0.3) is 0 Å². The summed E-state index contributed by atoms with van der Waals surface area (Å²) >= 11 is 3.39. The molecule has 0 aliphatic rings. The van der Waals surface area contributed by atoms with E-state index in [9.17, 15) is 19.2 Å². The van der Waals surface area contributed by atoms with Crippen LogP contribution in [0, 0.1) is 0 Å². The minimum Gasteiger partial charge on any atom is -0.398 e. The third-order valence-corrected chi connectivity index (χ3v) is 10.3. The summed E-state index contributed by atoms with van der Waals surface area (Å²) in [6.45, 7) is 0.445. The Kier molecular flexibility index (Phi) is 17.3. The second-order valence-electron chi connectivity index (χ2n) is 14.2. The summed E-state index contributed by atoms with van der Waals surface area (Å²) < 4.78 is 0. The molecule has 0 bridgehead atoms. The third kappa shape index (κ3) is 14.1. The molecular weight excluding hydrogens is 877 g/mol. The average Bonchev–Trinajstić information content (AvgIpc) is 3.35. The average molecular weight is 926 g/mol. The van der Waals surface area contributed by atoms with Gasteiger partial charge in [-0.25, -0.2) is 9.59 Å². The maximum Gasteiger partial charge on any atom is 0.323 e. The lowest BCUT2D eigenvalue weighted by molar-refractivity contribution is 0.103. The van der Waals surface area contributed by atoms with Crippen molar-refractivity contribution in [2.75, 3.05) is 32.3 Å². The fourth-order valence-electron chi connectivity index (χ4n) is 6.39. The van der Waals surface area contributed by atoms with E-state index in [1.165, 1.54) is 0 Å². The number of rotatable bonds is 12. The van der Waals surface area contributed by atoms with Crippen LogP contribution >= 0.6 is 15.9 Å². The van der Waals surface area contributed by atoms with E-state index >= 15 is 0 Å². The lowest BCUT2D eigenvalue weighted by Crippen LogP contribution is -2.20. The molecule has 4 amide bonds. The van der Waals surface area contributed by atoms with Gasteiger partial charge in [-0.15, -0.1) is 0 Å². The van der Waals surface area contributed by atoms with Crippen LogP contribution in [0.5, 0.6) is 0 Å². The first-order chi connectivity index (χ1) is 31.8. The molecule has 326 valence electrons. The van der Waals surface area contributed by atoms with Crippen molar-refractivity contribution in [3.05, 3.63) is 252 Å². The number of carbonyl (C=O) groups excluding carboxylic acids is 4. The molecule has 0 saturated heterocycles. The van der Waals surface area contributed by atoms with Gasteiger partial charge in [0.25, 0.3) is 0 Å². The number of benzene rings is 8. The molecule has 65 heavy (non-hydrogen) atoms. The summed E-state index contributed by atoms with van der Waals surface area (Å²) in [6.07, 6.45) is 0. The molecule has 0 heterocycles. The zero-order valence-electron chi connectivity index (χ0n) is 35.3. The van der Waals surface area contributed by atoms with Crippen LogP contribution < -0.4 is 32.3 Å². The Morgan fingerprint density at radius 1 is 0.400 bits per heavy atom. The molecule has 0 unspecified atom stereocenters. The van der Waals surface area contributed by atoms with Gasteiger partial charge in [-0.2, -0.15) is 0 Å². The number of carbonyl (C=O) groups is 4. The monoisotopic (exact) mass is 924 g/mol. The molecule has 11 heteroatoms. The van der Waals surface area contributed by atoms with Gasteiger partial charge < -0.3 is 32.3 Å². The fraction of sp³-hybridized carbons (Fsp3) is 0.0370. The molecule has 0 fully saturated rings. The predicted molar refractivity (Wildman–Crippen MR) is 270 cm³/mol. The van der Waals surface area contributed by atoms with Crippen LogP contribution in [0.15, 0.2) is 218 Å². The van der Waals surface area contributed by atoms with Gasteiger partial charge in [-0.3, -0.25) is 9.59 Å². The SMILES string of the molecule is Nc1ccccc1C(=O)c1ccccc1.O=C(Nc1ccccc1)Nc1ccccc1CBr.O=C(Nc1ccccc1)Nc1ccccc1CNc1ccccc1C(=O)c1ccccc1.[HH]. The Labute approximate surface area is 388 Å². The topological polar surface area (TPSA) is 154 Å². The molecule has 0 radical (unpaired) electrons. The normalized spacial score (nSPS) is 10.0. The van der Waals surface area contributed by atoms with Gasteiger partial charge >= 0.3 is 12.1 Å². The van der Waals surface area contributed by atoms with E-state index in [0.717, 1.165) is 28.2 Å². The van der Waals surface area contributed by atoms with Gasteiger partial charge in [0.1, 0.15) is 0 Å². The zero-order chi connectivity index (χ0) is 45.6. The van der Waals surface area contributed by atoms with E-state index in [1.54, 1.807) is 24.3 Å². The Hall–Kier alpha value is -8.28. The molecule has 0 saturated carbocycles. The second kappa shape index (κ2) is 24.4. The van der Waals surface area contributed by atoms with E-state index in [4.69, 9.17) is 5.73 Å². The quantitative estimate of drug-likeness (QED) is 0.0407. The number of urea groups is 2. The van der Waals surface area contributed by atoms with Crippen molar-refractivity contribution in [1.29, 1.82) is 0 Å². The van der Waals surface area contributed by atoms with Gasteiger partial charge in [0.2, 0.25) is 0 Å². The number of anilines is 6. The van der Waals surface area contributed by atoms with Crippen LogP contribution in [0.2, 0.25) is 0 Å². The molecule has 7 N–H and O–H groups in total. The number of hydrogen-bond acceptors (Lipinski definition) is 6. The van der Waals surface area contributed by atoms with E-state index < -0.39 is 0 Å². The number of halogens is 1. The number of alkyl halides is 1. The predicted octanol–water partition coefficient (Wildman–Crippen LogP) is 13.1. The largest absolute Gasteiger partial charge is 0.398 e. The highest BCUT2D eigenvalue weighted by Gasteiger charge is 2.14. The van der Waals surface area contributed by atoms with Crippen molar-refractivity contribution >= 4 is 73.7 Å². The number of ketones is 2. The lowest BCUT2D eigenvalue weighted by atomic mass is 10.0. The van der Waals surface area contributed by atoms with Crippen LogP contribution in [-0.2, 0) is 11.9 Å². The molecular formula is C54H49BrN6O4. The highest BCUT2D eigenvalue weighted by atomic mass is 79.9. The van der Waals surface area contributed by atoms with Crippen LogP contribution in [-0.4, -0.2) is 23.6 Å². The summed E-state index contributed by atoms with van der Waals surface area (Å²) in [6, 6.07) is 66.2. The first kappa shape index (κ1) is 46.2. The Bertz CT molecular complexity index is 2800. The van der Waals surface area contributed by atoms with Gasteiger partial charge in [0.05, 0.1) is 0 Å². The standard InChI is InChI=1S/C27H23N3O2.C14H13BrN2O.C13H11NO.H2/c31-26(20-11-3-1-4-12-20)23-16-8-10-18-25(23)28-19-21-13-7-9-17-24(21)30-27(32)29-22-14-5-2-6-15-22;15-10-11-6-4-5-9-13(11)17-14(18)16-12-7-2-1-3-8-12;14-12-9-5-4-8-11(12)13(15)10-6-2-1-3-7-10;/h1-18,28H,19H2,(H2,29,30,32);1-9H,10H2,(H2,16,17,18);1-9H,14H2;1H. The number of nitrogen functional groups attached to an aromatic ring is 1. The molecule has 8 aromatic rings. The second-order valence-corrected chi connectivity index (χ2v) is 14.8. The van der Waals surface area contributed by atoms with Crippen molar-refractivity contribution in [2.24, 2.45) is 0 Å². The number of nitrogens with one attached hydrogen (secondary N) is 5. The van der Waals surface area contributed by atoms with Crippen molar-refractivity contribution < 1.29 is 20.6 Å². The Morgan fingerprint density at radius 3 is 1.26 bits per heavy atom. The Morgan fingerprint density at radius 2 is 0.769 bits per heavy atom. The van der Waals surface area contributed by atoms with Gasteiger partial charge in [0.15, 0.2) is 11.6 Å². The lowest BCUT2D eigenvalue weighted by Gasteiger charge is -2.15. The first-order valence-electron chi connectivity index (χ1n) is 20.6. The fourth-order valence-corrected chi connectivity index (χ4v) is 6.88. The minimum absolute atomic E-state index is 0. The summed E-state index contributed by atoms with van der Waals surface area (Å²) in [4.78, 5) is 49.2. The van der Waals surface area contributed by atoms with Crippen LogP contribution in [0.4, 0.5) is 43.7 Å². The first-order valence-corrected chi connectivity index (χ1v) is 21.8. The molecule has 0 aliphatic carbocycles. The van der Waals surface area contributed by atoms with Gasteiger partial charge in [0, 0.05) is 69.7 Å². The van der Waals surface area contributed by atoms with Gasteiger partial charge in [-0.05, 0) is 71.8 Å². The maximum absolute atomic E-state index is 13.0. The number of hydrogen-bond donors (Lipinski definition) is 6. The summed E-state index contributed by atoms with van der Waals surface area (Å²) in [5.74, 6) is -0.0731. The minimum atomic E-state index is -0.316. The molecule has 0 aromatic heterocycles. The smallest absolute Gasteiger partial charge is 0.323 e. The van der Waals surface area contributed by atoms with E-state index in [1.807, 2.05) is 194 Å². The van der Waals surface area contributed by atoms with Gasteiger partial charge in [-0.1, -0.05) is 174 Å². The third-order valence-electron chi connectivity index (χ3n) is 9.66. The Balaban J connectivity index is 0.000000203. The molecule has 0 spiro atoms. The molecule has 0 aliphatic heterocycles. The molecule has 8 rings (SSSR count). The summed E-state index contributed by atoms with van der Waals surface area (Å²) in [7, 11) is 0. The summed E-state index contributed by atoms with van der Waals surface area (Å²) in [5, 5.41) is 15.4. The number of amides is 4. The highest BCUT2D eigenvalue weighted by molar-refractivity contribution is 9.08. The van der Waals surface area contributed by atoms with Crippen LogP contribution in [0.3, 0.4) is 0 Å². The van der Waals surface area contributed by atoms with E-state index in [-0.39, 0.29) is 25.1 Å². The number of para-hydroxylation sites is 6. The van der Waals surface area contributed by atoms with Crippen molar-refractivity contribution in [3.8, 4) is 0 Å². The zero-order valence-corrected chi connectivity index (χ0v) is 36.9. The molecule has 0 atom stereocenters. The van der Waals surface area contributed by atoms with Crippen molar-refractivity contribution in [3.63, 3.8) is 0 Å². The summed E-state index contributed by atoms with van der Waals surface area (Å²) in [5.41, 5.74) is 14.4. The van der Waals surface area contributed by atoms with Crippen molar-refractivity contribution in [1.82, 2.24) is 0 Å². The molecule has 10 nitrogen and oxygen atoms in total. The molecule has 8 aromatic carbocycles. The van der Waals surface area contributed by atoms with Crippen molar-refractivity contribution in [2.45, 2.75) is 11.9 Å². The highest BCUT2D eigenvalue weighted by Crippen LogP contribution is 2.23. The van der Waals surface area contributed by atoms with Crippen LogP contribution in [0.1, 0.15) is 44.4 Å². The maximum atomic E-state index is 13.0. The number of nitrogens with two attached hydrogens (primary N) is 1. The van der Waals surface area contributed by atoms with E-state index in [2.05, 4.69) is 42.5 Å².